The molecule has 83 heavy (non-hydrogen) atoms. The summed E-state index contributed by atoms with van der Waals surface area (Å²) in [7, 11) is 0. The smallest absolute Gasteiger partial charge is 0.306 e. The summed E-state index contributed by atoms with van der Waals surface area (Å²) in [6.45, 7) is 6.46. The molecule has 0 rings (SSSR count). The number of esters is 3. The van der Waals surface area contributed by atoms with Crippen LogP contribution < -0.4 is 0 Å². The number of hydrogen-bond donors (Lipinski definition) is 0. The molecule has 0 fully saturated rings. The third-order valence-corrected chi connectivity index (χ3v) is 14.9. The van der Waals surface area contributed by atoms with E-state index >= 15 is 0 Å². The monoisotopic (exact) mass is 1150 g/mol. The van der Waals surface area contributed by atoms with Crippen LogP contribution >= 0.6 is 0 Å². The number of carbonyl (C=O) groups excluding carboxylic acids is 3. The Kier molecular flexibility index (Phi) is 66.7. The van der Waals surface area contributed by atoms with Crippen LogP contribution in [0.4, 0.5) is 0 Å². The Morgan fingerprint density at radius 2 is 0.482 bits per heavy atom. The van der Waals surface area contributed by atoms with Gasteiger partial charge in [0.2, 0.25) is 0 Å². The van der Waals surface area contributed by atoms with Crippen molar-refractivity contribution in [3.63, 3.8) is 0 Å². The third-order valence-electron chi connectivity index (χ3n) is 14.9. The standard InChI is InChI=1S/C77H130O6/c1-4-7-10-13-16-19-22-24-26-28-30-31-32-33-34-35-36-37-38-39-40-41-42-43-44-45-47-48-50-52-55-58-61-64-67-70-76(79)82-73-74(72-81-75(78)69-66-63-60-57-54-21-18-15-12-9-6-3)83-77(80)71-68-65-62-59-56-53-51-49-46-29-27-25-23-20-17-14-11-8-5-2/h7,10,15-20,24-27,30-31,33-34,36-37,46,49,74H,4-6,8-9,11-14,21-23,28-29,32,35,38-45,47-48,50-73H2,1-3H3/b10-7-,18-15-,19-16-,20-17-,26-24-,27-25-,31-30-,34-33-,37-36-,49-46-. The fourth-order valence-electron chi connectivity index (χ4n) is 9.67. The van der Waals surface area contributed by atoms with Crippen molar-refractivity contribution >= 4 is 17.9 Å². The maximum atomic E-state index is 12.9. The van der Waals surface area contributed by atoms with Crippen LogP contribution in [0.3, 0.4) is 0 Å². The van der Waals surface area contributed by atoms with Crippen LogP contribution in [0, 0.1) is 0 Å². The quantitative estimate of drug-likeness (QED) is 0.0261. The molecule has 0 spiro atoms. The lowest BCUT2D eigenvalue weighted by atomic mass is 10.0. The molecule has 0 bridgehead atoms. The molecule has 0 saturated carbocycles. The lowest BCUT2D eigenvalue weighted by Gasteiger charge is -2.18. The molecule has 0 aromatic heterocycles. The molecule has 0 aromatic carbocycles. The molecule has 0 aliphatic carbocycles. The van der Waals surface area contributed by atoms with Gasteiger partial charge in [-0.1, -0.05) is 303 Å². The van der Waals surface area contributed by atoms with Crippen molar-refractivity contribution in [2.75, 3.05) is 13.2 Å². The topological polar surface area (TPSA) is 78.9 Å². The molecule has 0 aliphatic rings. The summed E-state index contributed by atoms with van der Waals surface area (Å²) in [5.74, 6) is -0.898. The first-order valence-corrected chi connectivity index (χ1v) is 35.0. The van der Waals surface area contributed by atoms with Crippen molar-refractivity contribution in [1.29, 1.82) is 0 Å². The zero-order valence-corrected chi connectivity index (χ0v) is 54.4. The summed E-state index contributed by atoms with van der Waals surface area (Å²) in [5, 5.41) is 0. The first-order valence-electron chi connectivity index (χ1n) is 35.0. The van der Waals surface area contributed by atoms with Gasteiger partial charge < -0.3 is 14.2 Å². The average molecular weight is 1150 g/mol. The summed E-state index contributed by atoms with van der Waals surface area (Å²) in [5.41, 5.74) is 0. The molecule has 1 atom stereocenters. The fourth-order valence-corrected chi connectivity index (χ4v) is 9.67. The first-order chi connectivity index (χ1) is 41.0. The number of unbranched alkanes of at least 4 members (excludes halogenated alkanes) is 32. The Morgan fingerprint density at radius 1 is 0.253 bits per heavy atom. The summed E-state index contributed by atoms with van der Waals surface area (Å²) in [6.07, 6.45) is 98.0. The molecule has 0 heterocycles. The normalized spacial score (nSPS) is 12.9. The zero-order valence-electron chi connectivity index (χ0n) is 54.4. The van der Waals surface area contributed by atoms with Crippen LogP contribution in [0.25, 0.3) is 0 Å². The average Bonchev–Trinajstić information content (AvgIpc) is 3.48. The third kappa shape index (κ3) is 68.5. The fraction of sp³-hybridized carbons (Fsp3) is 0.701. The highest BCUT2D eigenvalue weighted by Gasteiger charge is 2.19. The highest BCUT2D eigenvalue weighted by molar-refractivity contribution is 5.71. The highest BCUT2D eigenvalue weighted by Crippen LogP contribution is 2.17. The van der Waals surface area contributed by atoms with Crippen molar-refractivity contribution in [2.45, 2.75) is 335 Å². The molecule has 0 aromatic rings. The molecular formula is C77H130O6. The predicted octanol–water partition coefficient (Wildman–Crippen LogP) is 24.3. The van der Waals surface area contributed by atoms with Crippen LogP contribution in [0.2, 0.25) is 0 Å². The molecule has 0 aliphatic heterocycles. The van der Waals surface area contributed by atoms with Crippen molar-refractivity contribution in [1.82, 2.24) is 0 Å². The lowest BCUT2D eigenvalue weighted by Crippen LogP contribution is -2.30. The Hall–Kier alpha value is -4.19. The lowest BCUT2D eigenvalue weighted by molar-refractivity contribution is -0.167. The molecule has 0 saturated heterocycles. The number of ether oxygens (including phenoxy) is 3. The minimum absolute atomic E-state index is 0.0850. The van der Waals surface area contributed by atoms with Gasteiger partial charge in [0.25, 0.3) is 0 Å². The Morgan fingerprint density at radius 3 is 0.783 bits per heavy atom. The summed E-state index contributed by atoms with van der Waals surface area (Å²) < 4.78 is 16.9. The van der Waals surface area contributed by atoms with E-state index in [1.54, 1.807) is 0 Å². The van der Waals surface area contributed by atoms with Gasteiger partial charge in [0.15, 0.2) is 6.10 Å². The van der Waals surface area contributed by atoms with Gasteiger partial charge in [-0.3, -0.25) is 14.4 Å². The molecule has 0 amide bonds. The maximum absolute atomic E-state index is 12.9. The van der Waals surface area contributed by atoms with E-state index in [0.717, 1.165) is 128 Å². The van der Waals surface area contributed by atoms with Crippen LogP contribution in [-0.2, 0) is 28.6 Å². The second-order valence-corrected chi connectivity index (χ2v) is 23.1. The molecule has 1 unspecified atom stereocenters. The minimum Gasteiger partial charge on any atom is -0.462 e. The van der Waals surface area contributed by atoms with E-state index in [1.807, 2.05) is 0 Å². The number of allylic oxidation sites excluding steroid dienone is 20. The van der Waals surface area contributed by atoms with Gasteiger partial charge in [0.1, 0.15) is 13.2 Å². The van der Waals surface area contributed by atoms with Gasteiger partial charge in [-0.25, -0.2) is 0 Å². The number of rotatable bonds is 63. The van der Waals surface area contributed by atoms with Gasteiger partial charge in [-0.05, 0) is 128 Å². The second-order valence-electron chi connectivity index (χ2n) is 23.1. The first kappa shape index (κ1) is 78.8. The molecule has 0 N–H and O–H groups in total. The van der Waals surface area contributed by atoms with E-state index in [-0.39, 0.29) is 31.1 Å². The van der Waals surface area contributed by atoms with E-state index in [2.05, 4.69) is 142 Å². The molecule has 6 heteroatoms. The van der Waals surface area contributed by atoms with Crippen LogP contribution in [0.5, 0.6) is 0 Å². The van der Waals surface area contributed by atoms with Gasteiger partial charge in [0, 0.05) is 19.3 Å². The van der Waals surface area contributed by atoms with Crippen LogP contribution in [-0.4, -0.2) is 37.2 Å². The zero-order chi connectivity index (χ0) is 59.9. The number of hydrogen-bond acceptors (Lipinski definition) is 6. The SMILES string of the molecule is CC/C=C\C/C=C\C/C=C\C/C=C\C/C=C\C/C=C\CCCCCCCCCCCCCCCCCCC(=O)OCC(COC(=O)CCCCCCC/C=C\CCCC)OC(=O)CCCCCCCC/C=C\C/C=C\C/C=C\CCCCC. The molecule has 6 nitrogen and oxygen atoms in total. The van der Waals surface area contributed by atoms with Gasteiger partial charge in [0.05, 0.1) is 0 Å². The van der Waals surface area contributed by atoms with Crippen LogP contribution in [0.15, 0.2) is 122 Å². The largest absolute Gasteiger partial charge is 0.462 e. The van der Waals surface area contributed by atoms with E-state index in [9.17, 15) is 14.4 Å². The predicted molar refractivity (Wildman–Crippen MR) is 362 cm³/mol. The van der Waals surface area contributed by atoms with E-state index in [0.29, 0.717) is 19.3 Å². The maximum Gasteiger partial charge on any atom is 0.306 e. The van der Waals surface area contributed by atoms with E-state index in [1.165, 1.54) is 161 Å². The highest BCUT2D eigenvalue weighted by atomic mass is 16.6. The second kappa shape index (κ2) is 70.3. The summed E-state index contributed by atoms with van der Waals surface area (Å²) in [4.78, 5) is 38.3. The Bertz CT molecular complexity index is 1700. The van der Waals surface area contributed by atoms with E-state index < -0.39 is 6.10 Å². The Labute approximate surface area is 513 Å². The summed E-state index contributed by atoms with van der Waals surface area (Å²) in [6, 6.07) is 0. The Balaban J connectivity index is 4.16. The van der Waals surface area contributed by atoms with Gasteiger partial charge in [-0.15, -0.1) is 0 Å². The molecular weight excluding hydrogens is 1020 g/mol. The van der Waals surface area contributed by atoms with Gasteiger partial charge in [-0.2, -0.15) is 0 Å². The van der Waals surface area contributed by atoms with Crippen molar-refractivity contribution in [3.05, 3.63) is 122 Å². The van der Waals surface area contributed by atoms with Crippen LogP contribution in [0.1, 0.15) is 329 Å². The van der Waals surface area contributed by atoms with Crippen molar-refractivity contribution in [3.8, 4) is 0 Å². The summed E-state index contributed by atoms with van der Waals surface area (Å²) >= 11 is 0. The van der Waals surface area contributed by atoms with Gasteiger partial charge >= 0.3 is 17.9 Å². The van der Waals surface area contributed by atoms with Crippen molar-refractivity contribution in [2.24, 2.45) is 0 Å². The molecule has 0 radical (unpaired) electrons. The molecule has 474 valence electrons. The number of carbonyl (C=O) groups is 3. The van der Waals surface area contributed by atoms with Crippen molar-refractivity contribution < 1.29 is 28.6 Å². The van der Waals surface area contributed by atoms with E-state index in [4.69, 9.17) is 14.2 Å². The minimum atomic E-state index is -0.790.